The topological polar surface area (TPSA) is 41.1 Å². The largest absolute Gasteiger partial charge is 0.369 e. The standard InChI is InChI=1S/C14H25IN4/c1-5-9-16-14-13(15)11(4)17-12(18-14)8-10-19(6-2)7-3/h5-10H2,1-4H3,(H,16,17,18). The van der Waals surface area contributed by atoms with Crippen LogP contribution >= 0.6 is 22.6 Å². The molecular formula is C14H25IN4. The van der Waals surface area contributed by atoms with Gasteiger partial charge in [-0.3, -0.25) is 0 Å². The number of hydrogen-bond acceptors (Lipinski definition) is 4. The van der Waals surface area contributed by atoms with E-state index in [0.717, 1.165) is 59.9 Å². The van der Waals surface area contributed by atoms with Crippen LogP contribution in [0.5, 0.6) is 0 Å². The van der Waals surface area contributed by atoms with Gasteiger partial charge in [0.05, 0.1) is 9.26 Å². The summed E-state index contributed by atoms with van der Waals surface area (Å²) in [6.45, 7) is 12.8. The van der Waals surface area contributed by atoms with E-state index in [1.54, 1.807) is 0 Å². The van der Waals surface area contributed by atoms with Gasteiger partial charge in [0, 0.05) is 19.5 Å². The predicted octanol–water partition coefficient (Wildman–Crippen LogP) is 3.10. The zero-order valence-corrected chi connectivity index (χ0v) is 14.6. The molecule has 0 aliphatic carbocycles. The second-order valence-corrected chi connectivity index (χ2v) is 5.67. The Morgan fingerprint density at radius 3 is 2.42 bits per heavy atom. The van der Waals surface area contributed by atoms with E-state index >= 15 is 0 Å². The first-order valence-electron chi connectivity index (χ1n) is 7.11. The Labute approximate surface area is 130 Å². The third-order valence-corrected chi connectivity index (χ3v) is 4.44. The third-order valence-electron chi connectivity index (χ3n) is 3.15. The zero-order chi connectivity index (χ0) is 14.3. The number of aromatic nitrogens is 2. The molecule has 4 nitrogen and oxygen atoms in total. The summed E-state index contributed by atoms with van der Waals surface area (Å²) in [6.07, 6.45) is 2.02. The van der Waals surface area contributed by atoms with Crippen LogP contribution in [0.4, 0.5) is 5.82 Å². The normalized spacial score (nSPS) is 11.1. The first-order valence-corrected chi connectivity index (χ1v) is 8.19. The first-order chi connectivity index (χ1) is 9.12. The monoisotopic (exact) mass is 376 g/mol. The van der Waals surface area contributed by atoms with Crippen LogP contribution in [0.25, 0.3) is 0 Å². The molecule has 19 heavy (non-hydrogen) atoms. The number of nitrogens with one attached hydrogen (secondary N) is 1. The minimum atomic E-state index is 0.917. The summed E-state index contributed by atoms with van der Waals surface area (Å²) in [5, 5.41) is 3.39. The average molecular weight is 376 g/mol. The van der Waals surface area contributed by atoms with E-state index in [0.29, 0.717) is 0 Å². The summed E-state index contributed by atoms with van der Waals surface area (Å²) >= 11 is 2.32. The van der Waals surface area contributed by atoms with Crippen molar-refractivity contribution in [2.45, 2.75) is 40.5 Å². The molecule has 0 unspecified atom stereocenters. The molecule has 0 saturated heterocycles. The van der Waals surface area contributed by atoms with Gasteiger partial charge in [-0.1, -0.05) is 20.8 Å². The number of halogens is 1. The van der Waals surface area contributed by atoms with Crippen molar-refractivity contribution in [3.63, 3.8) is 0 Å². The average Bonchev–Trinajstić information content (AvgIpc) is 2.42. The Hall–Kier alpha value is -0.430. The fourth-order valence-corrected chi connectivity index (χ4v) is 2.32. The minimum absolute atomic E-state index is 0.917. The Kier molecular flexibility index (Phi) is 7.60. The highest BCUT2D eigenvalue weighted by Gasteiger charge is 2.09. The van der Waals surface area contributed by atoms with Crippen LogP contribution in [0, 0.1) is 10.5 Å². The van der Waals surface area contributed by atoms with Crippen molar-refractivity contribution in [1.29, 1.82) is 0 Å². The van der Waals surface area contributed by atoms with Gasteiger partial charge in [0.25, 0.3) is 0 Å². The van der Waals surface area contributed by atoms with Gasteiger partial charge in [0.1, 0.15) is 11.6 Å². The van der Waals surface area contributed by atoms with Crippen molar-refractivity contribution in [2.24, 2.45) is 0 Å². The maximum absolute atomic E-state index is 4.65. The quantitative estimate of drug-likeness (QED) is 0.708. The van der Waals surface area contributed by atoms with Gasteiger partial charge in [0.2, 0.25) is 0 Å². The van der Waals surface area contributed by atoms with Crippen LogP contribution < -0.4 is 5.32 Å². The molecule has 0 aliphatic rings. The molecule has 5 heteroatoms. The molecule has 0 amide bonds. The number of rotatable bonds is 8. The van der Waals surface area contributed by atoms with Gasteiger partial charge in [-0.25, -0.2) is 9.97 Å². The molecule has 108 valence electrons. The number of nitrogens with zero attached hydrogens (tertiary/aromatic N) is 3. The lowest BCUT2D eigenvalue weighted by atomic mass is 10.3. The zero-order valence-electron chi connectivity index (χ0n) is 12.5. The van der Waals surface area contributed by atoms with Crippen LogP contribution in [0.3, 0.4) is 0 Å². The van der Waals surface area contributed by atoms with Crippen molar-refractivity contribution in [3.05, 3.63) is 15.1 Å². The highest BCUT2D eigenvalue weighted by Crippen LogP contribution is 2.18. The molecular weight excluding hydrogens is 351 g/mol. The Bertz CT molecular complexity index is 391. The predicted molar refractivity (Wildman–Crippen MR) is 89.8 cm³/mol. The van der Waals surface area contributed by atoms with Gasteiger partial charge in [-0.05, 0) is 49.0 Å². The van der Waals surface area contributed by atoms with E-state index in [1.165, 1.54) is 0 Å². The number of anilines is 1. The maximum atomic E-state index is 4.65. The molecule has 1 aromatic heterocycles. The fourth-order valence-electron chi connectivity index (χ4n) is 1.89. The highest BCUT2D eigenvalue weighted by molar-refractivity contribution is 14.1. The molecule has 0 fully saturated rings. The summed E-state index contributed by atoms with van der Waals surface area (Å²) in [5.41, 5.74) is 1.07. The summed E-state index contributed by atoms with van der Waals surface area (Å²) in [7, 11) is 0. The van der Waals surface area contributed by atoms with E-state index < -0.39 is 0 Å². The van der Waals surface area contributed by atoms with Crippen LogP contribution in [0.1, 0.15) is 38.7 Å². The molecule has 1 N–H and O–H groups in total. The summed E-state index contributed by atoms with van der Waals surface area (Å²) in [4.78, 5) is 11.7. The molecule has 0 atom stereocenters. The SMILES string of the molecule is CCCNc1nc(CCN(CC)CC)nc(C)c1I. The molecule has 1 aromatic rings. The van der Waals surface area contributed by atoms with Crippen molar-refractivity contribution in [2.75, 3.05) is 31.5 Å². The molecule has 0 spiro atoms. The molecule has 0 bridgehead atoms. The van der Waals surface area contributed by atoms with Crippen molar-refractivity contribution in [1.82, 2.24) is 14.9 Å². The van der Waals surface area contributed by atoms with E-state index in [1.807, 2.05) is 0 Å². The second kappa shape index (κ2) is 8.68. The maximum Gasteiger partial charge on any atom is 0.143 e. The lowest BCUT2D eigenvalue weighted by molar-refractivity contribution is 0.305. The minimum Gasteiger partial charge on any atom is -0.369 e. The van der Waals surface area contributed by atoms with Gasteiger partial charge < -0.3 is 10.2 Å². The van der Waals surface area contributed by atoms with E-state index in [-0.39, 0.29) is 0 Å². The molecule has 0 saturated carbocycles. The van der Waals surface area contributed by atoms with Gasteiger partial charge in [-0.2, -0.15) is 0 Å². The molecule has 0 radical (unpaired) electrons. The summed E-state index contributed by atoms with van der Waals surface area (Å²) in [6, 6.07) is 0. The molecule has 0 aromatic carbocycles. The molecule has 1 rings (SSSR count). The van der Waals surface area contributed by atoms with Crippen LogP contribution in [0.15, 0.2) is 0 Å². The van der Waals surface area contributed by atoms with Gasteiger partial charge >= 0.3 is 0 Å². The van der Waals surface area contributed by atoms with E-state index in [4.69, 9.17) is 0 Å². The number of likely N-dealkylation sites (N-methyl/N-ethyl adjacent to an activating group) is 1. The lowest BCUT2D eigenvalue weighted by Gasteiger charge is -2.17. The summed E-state index contributed by atoms with van der Waals surface area (Å²) in [5.74, 6) is 1.94. The van der Waals surface area contributed by atoms with Crippen LogP contribution in [-0.4, -0.2) is 41.0 Å². The number of aryl methyl sites for hydroxylation is 1. The Morgan fingerprint density at radius 1 is 1.16 bits per heavy atom. The third kappa shape index (κ3) is 5.22. The Balaban J connectivity index is 2.75. The first kappa shape index (κ1) is 16.6. The Morgan fingerprint density at radius 2 is 1.84 bits per heavy atom. The van der Waals surface area contributed by atoms with Crippen molar-refractivity contribution >= 4 is 28.4 Å². The smallest absolute Gasteiger partial charge is 0.143 e. The molecule has 1 heterocycles. The highest BCUT2D eigenvalue weighted by atomic mass is 127. The van der Waals surface area contributed by atoms with Crippen LogP contribution in [-0.2, 0) is 6.42 Å². The fraction of sp³-hybridized carbons (Fsp3) is 0.714. The second-order valence-electron chi connectivity index (χ2n) is 4.59. The number of hydrogen-bond donors (Lipinski definition) is 1. The summed E-state index contributed by atoms with van der Waals surface area (Å²) < 4.78 is 1.14. The van der Waals surface area contributed by atoms with Crippen molar-refractivity contribution in [3.8, 4) is 0 Å². The van der Waals surface area contributed by atoms with Gasteiger partial charge in [-0.15, -0.1) is 0 Å². The lowest BCUT2D eigenvalue weighted by Crippen LogP contribution is -2.26. The van der Waals surface area contributed by atoms with E-state index in [9.17, 15) is 0 Å². The van der Waals surface area contributed by atoms with Crippen LogP contribution in [0.2, 0.25) is 0 Å². The van der Waals surface area contributed by atoms with E-state index in [2.05, 4.69) is 70.5 Å². The molecule has 0 aliphatic heterocycles. The van der Waals surface area contributed by atoms with Crippen molar-refractivity contribution < 1.29 is 0 Å². The van der Waals surface area contributed by atoms with Gasteiger partial charge in [0.15, 0.2) is 0 Å².